The number of aryl methyl sites for hydroxylation is 2. The number of benzene rings is 1. The fraction of sp³-hybridized carbons (Fsp3) is 0.368. The van der Waals surface area contributed by atoms with Gasteiger partial charge in [0.25, 0.3) is 5.91 Å². The Balaban J connectivity index is 0.00000225. The van der Waals surface area contributed by atoms with Crippen LogP contribution < -0.4 is 10.6 Å². The number of hydrogen-bond donors (Lipinski definition) is 2. The highest BCUT2D eigenvalue weighted by Gasteiger charge is 2.18. The van der Waals surface area contributed by atoms with Gasteiger partial charge in [-0.1, -0.05) is 28.5 Å². The minimum Gasteiger partial charge on any atom is -0.315 e. The molecule has 2 aromatic heterocycles. The fourth-order valence-corrected chi connectivity index (χ4v) is 4.10. The van der Waals surface area contributed by atoms with E-state index in [1.807, 2.05) is 10.9 Å². The number of amides is 1. The lowest BCUT2D eigenvalue weighted by atomic mass is 10.1. The van der Waals surface area contributed by atoms with Gasteiger partial charge in [-0.3, -0.25) is 14.8 Å². The fourth-order valence-electron chi connectivity index (χ4n) is 3.37. The lowest BCUT2D eigenvalue weighted by molar-refractivity contribution is 0.102. The molecular formula is C19H23ClN6OS. The lowest BCUT2D eigenvalue weighted by Crippen LogP contribution is -2.32. The second-order valence-corrected chi connectivity index (χ2v) is 7.90. The highest BCUT2D eigenvalue weighted by atomic mass is 35.5. The zero-order valence-electron chi connectivity index (χ0n) is 15.8. The number of hydrogen-bond acceptors (Lipinski definition) is 6. The van der Waals surface area contributed by atoms with Crippen LogP contribution in [0.1, 0.15) is 40.5 Å². The van der Waals surface area contributed by atoms with Crippen molar-refractivity contribution in [1.82, 2.24) is 25.3 Å². The molecule has 148 valence electrons. The molecule has 1 saturated heterocycles. The van der Waals surface area contributed by atoms with Gasteiger partial charge < -0.3 is 5.32 Å². The Bertz CT molecular complexity index is 943. The van der Waals surface area contributed by atoms with E-state index >= 15 is 0 Å². The summed E-state index contributed by atoms with van der Waals surface area (Å²) < 4.78 is 1.88. The summed E-state index contributed by atoms with van der Waals surface area (Å²) in [6, 6.07) is 8.30. The average Bonchev–Trinajstić information content (AvgIpc) is 3.31. The second kappa shape index (κ2) is 8.81. The van der Waals surface area contributed by atoms with Crippen LogP contribution in [-0.2, 0) is 0 Å². The molecule has 0 saturated carbocycles. The lowest BCUT2D eigenvalue weighted by Gasteiger charge is -2.22. The number of piperidine rings is 1. The molecule has 7 nitrogen and oxygen atoms in total. The van der Waals surface area contributed by atoms with Crippen LogP contribution in [-0.4, -0.2) is 39.0 Å². The summed E-state index contributed by atoms with van der Waals surface area (Å²) in [5.74, 6) is -0.263. The van der Waals surface area contributed by atoms with Crippen LogP contribution in [0, 0.1) is 13.8 Å². The topological polar surface area (TPSA) is 84.7 Å². The third-order valence-electron chi connectivity index (χ3n) is 4.60. The SMILES string of the molecule is Cc1cc(C)cc(-c2nnc(NC(=O)c3ccn(C4CCCNC4)n3)s2)c1.Cl. The number of carbonyl (C=O) groups is 1. The molecule has 1 fully saturated rings. The molecule has 0 bridgehead atoms. The summed E-state index contributed by atoms with van der Waals surface area (Å²) in [5, 5.41) is 20.2. The molecule has 0 radical (unpaired) electrons. The Labute approximate surface area is 174 Å². The van der Waals surface area contributed by atoms with Crippen molar-refractivity contribution in [2.45, 2.75) is 32.7 Å². The van der Waals surface area contributed by atoms with E-state index in [0.29, 0.717) is 16.9 Å². The number of nitrogens with one attached hydrogen (secondary N) is 2. The van der Waals surface area contributed by atoms with Crippen LogP contribution in [0.5, 0.6) is 0 Å². The van der Waals surface area contributed by atoms with Gasteiger partial charge >= 0.3 is 0 Å². The smallest absolute Gasteiger partial charge is 0.277 e. The largest absolute Gasteiger partial charge is 0.315 e. The molecule has 9 heteroatoms. The average molecular weight is 419 g/mol. The summed E-state index contributed by atoms with van der Waals surface area (Å²) in [7, 11) is 0. The third-order valence-corrected chi connectivity index (χ3v) is 5.49. The van der Waals surface area contributed by atoms with Gasteiger partial charge in [0.15, 0.2) is 5.69 Å². The van der Waals surface area contributed by atoms with Gasteiger partial charge in [0.1, 0.15) is 5.01 Å². The van der Waals surface area contributed by atoms with Gasteiger partial charge in [-0.2, -0.15) is 5.10 Å². The van der Waals surface area contributed by atoms with Gasteiger partial charge in [0.2, 0.25) is 5.13 Å². The van der Waals surface area contributed by atoms with Gasteiger partial charge in [0, 0.05) is 18.3 Å². The first-order valence-electron chi connectivity index (χ1n) is 9.08. The number of carbonyl (C=O) groups excluding carboxylic acids is 1. The standard InChI is InChI=1S/C19H22N6OS.ClH/c1-12-8-13(2)10-14(9-12)18-22-23-19(27-18)21-17(26)16-5-7-25(24-16)15-4-3-6-20-11-15;/h5,7-10,15,20H,3-4,6,11H2,1-2H3,(H,21,23,26);1H. The molecule has 28 heavy (non-hydrogen) atoms. The van der Waals surface area contributed by atoms with E-state index in [0.717, 1.165) is 36.5 Å². The van der Waals surface area contributed by atoms with E-state index < -0.39 is 0 Å². The van der Waals surface area contributed by atoms with Crippen molar-refractivity contribution >= 4 is 34.8 Å². The summed E-state index contributed by atoms with van der Waals surface area (Å²) in [4.78, 5) is 12.5. The Hall–Kier alpha value is -2.29. The Morgan fingerprint density at radius 1 is 1.25 bits per heavy atom. The summed E-state index contributed by atoms with van der Waals surface area (Å²) >= 11 is 1.36. The van der Waals surface area contributed by atoms with Crippen LogP contribution in [0.25, 0.3) is 10.6 Å². The minimum atomic E-state index is -0.263. The molecule has 1 aliphatic heterocycles. The molecule has 3 heterocycles. The Morgan fingerprint density at radius 2 is 2.04 bits per heavy atom. The molecule has 1 aliphatic rings. The quantitative estimate of drug-likeness (QED) is 0.676. The van der Waals surface area contributed by atoms with E-state index in [1.165, 1.54) is 22.5 Å². The maximum Gasteiger partial charge on any atom is 0.277 e. The monoisotopic (exact) mass is 418 g/mol. The number of aromatic nitrogens is 4. The molecular weight excluding hydrogens is 396 g/mol. The predicted octanol–water partition coefficient (Wildman–Crippen LogP) is 3.62. The van der Waals surface area contributed by atoms with Gasteiger partial charge in [-0.15, -0.1) is 22.6 Å². The van der Waals surface area contributed by atoms with Crippen LogP contribution in [0.4, 0.5) is 5.13 Å². The molecule has 1 aromatic carbocycles. The minimum absolute atomic E-state index is 0. The van der Waals surface area contributed by atoms with Crippen molar-refractivity contribution in [2.24, 2.45) is 0 Å². The normalized spacial score (nSPS) is 16.4. The van der Waals surface area contributed by atoms with Crippen molar-refractivity contribution < 1.29 is 4.79 Å². The van der Waals surface area contributed by atoms with Crippen LogP contribution >= 0.6 is 23.7 Å². The molecule has 0 spiro atoms. The molecule has 0 aliphatic carbocycles. The molecule has 1 amide bonds. The first-order valence-corrected chi connectivity index (χ1v) is 9.89. The van der Waals surface area contributed by atoms with Crippen molar-refractivity contribution in [3.63, 3.8) is 0 Å². The van der Waals surface area contributed by atoms with E-state index in [-0.39, 0.29) is 18.3 Å². The van der Waals surface area contributed by atoms with Gasteiger partial charge in [-0.25, -0.2) is 0 Å². The highest BCUT2D eigenvalue weighted by molar-refractivity contribution is 7.18. The van der Waals surface area contributed by atoms with Crippen molar-refractivity contribution in [2.75, 3.05) is 18.4 Å². The van der Waals surface area contributed by atoms with Gasteiger partial charge in [-0.05, 0) is 51.4 Å². The van der Waals surface area contributed by atoms with Crippen molar-refractivity contribution in [1.29, 1.82) is 0 Å². The maximum absolute atomic E-state index is 12.5. The first-order chi connectivity index (χ1) is 13.1. The van der Waals surface area contributed by atoms with Crippen LogP contribution in [0.2, 0.25) is 0 Å². The number of halogens is 1. The first kappa shape index (κ1) is 20.4. The van der Waals surface area contributed by atoms with Crippen molar-refractivity contribution in [3.8, 4) is 10.6 Å². The van der Waals surface area contributed by atoms with Gasteiger partial charge in [0.05, 0.1) is 6.04 Å². The molecule has 4 rings (SSSR count). The zero-order valence-corrected chi connectivity index (χ0v) is 17.4. The van der Waals surface area contributed by atoms with Crippen LogP contribution in [0.15, 0.2) is 30.5 Å². The second-order valence-electron chi connectivity index (χ2n) is 6.92. The number of nitrogens with zero attached hydrogens (tertiary/aromatic N) is 4. The molecule has 3 aromatic rings. The van der Waals surface area contributed by atoms with Crippen LogP contribution in [0.3, 0.4) is 0 Å². The highest BCUT2D eigenvalue weighted by Crippen LogP contribution is 2.28. The van der Waals surface area contributed by atoms with E-state index in [9.17, 15) is 4.79 Å². The van der Waals surface area contributed by atoms with E-state index in [2.05, 4.69) is 58.0 Å². The zero-order chi connectivity index (χ0) is 18.8. The number of anilines is 1. The van der Waals surface area contributed by atoms with E-state index in [4.69, 9.17) is 0 Å². The molecule has 1 atom stereocenters. The molecule has 1 unspecified atom stereocenters. The summed E-state index contributed by atoms with van der Waals surface area (Å²) in [6.45, 7) is 6.04. The van der Waals surface area contributed by atoms with E-state index in [1.54, 1.807) is 6.07 Å². The third kappa shape index (κ3) is 4.57. The van der Waals surface area contributed by atoms with Crippen molar-refractivity contribution in [3.05, 3.63) is 47.3 Å². The predicted molar refractivity (Wildman–Crippen MR) is 113 cm³/mol. The number of rotatable bonds is 4. The Kier molecular flexibility index (Phi) is 6.43. The summed E-state index contributed by atoms with van der Waals surface area (Å²) in [6.07, 6.45) is 4.07. The molecule has 2 N–H and O–H groups in total. The Morgan fingerprint density at radius 3 is 2.75 bits per heavy atom. The maximum atomic E-state index is 12.5. The summed E-state index contributed by atoms with van der Waals surface area (Å²) in [5.41, 5.74) is 3.75.